The van der Waals surface area contributed by atoms with Crippen LogP contribution in [0, 0.1) is 35.5 Å². The van der Waals surface area contributed by atoms with Gasteiger partial charge in [-0.3, -0.25) is 33.6 Å². The second-order valence-corrected chi connectivity index (χ2v) is 18.1. The molecule has 4 saturated carbocycles. The van der Waals surface area contributed by atoms with Crippen molar-refractivity contribution in [3.05, 3.63) is 49.1 Å². The third kappa shape index (κ3) is 17.0. The molecule has 1 aromatic rings. The zero-order valence-electron chi connectivity index (χ0n) is 38.9. The lowest BCUT2D eigenvalue weighted by Gasteiger charge is -2.30. The minimum Gasteiger partial charge on any atom is -0.465 e. The Morgan fingerprint density at radius 3 is 1.16 bits per heavy atom. The van der Waals surface area contributed by atoms with Crippen molar-refractivity contribution in [2.75, 3.05) is 26.4 Å². The van der Waals surface area contributed by atoms with Crippen LogP contribution in [-0.4, -0.2) is 92.7 Å². The minimum absolute atomic E-state index is 0.0394. The molecular weight excluding hydrogens is 885 g/mol. The van der Waals surface area contributed by atoms with Crippen LogP contribution in [0.1, 0.15) is 139 Å². The Labute approximate surface area is 397 Å². The van der Waals surface area contributed by atoms with E-state index in [0.717, 1.165) is 12.2 Å². The molecule has 5 rings (SSSR count). The van der Waals surface area contributed by atoms with E-state index in [1.807, 2.05) is 0 Å². The first-order valence-electron chi connectivity index (χ1n) is 24.2. The highest BCUT2D eigenvalue weighted by atomic mass is 16.6. The van der Waals surface area contributed by atoms with Gasteiger partial charge in [0.05, 0.1) is 67.5 Å². The lowest BCUT2D eigenvalue weighted by Crippen LogP contribution is -2.33. The van der Waals surface area contributed by atoms with Crippen molar-refractivity contribution in [3.8, 4) is 11.5 Å². The summed E-state index contributed by atoms with van der Waals surface area (Å²) in [4.78, 5) is 111. The van der Waals surface area contributed by atoms with Crippen LogP contribution >= 0.6 is 0 Å². The van der Waals surface area contributed by atoms with E-state index < -0.39 is 35.7 Å². The zero-order chi connectivity index (χ0) is 48.8. The summed E-state index contributed by atoms with van der Waals surface area (Å²) >= 11 is 0. The standard InChI is InChI=1S/C51H66O17/c1-3-44(53)61-27-5-7-29-63-46(55)33-9-13-35(14-10-33)48(57)65-40-21-17-37(18-22-40)50(59)67-42-25-26-43(39(31-42)32-52)68-51(60)38-19-23-41(24-20-38)66-49(58)36-15-11-34(12-16-36)47(56)64-30-8-6-28-62-45(54)4-2/h3-4,25-26,31-38,40-41H,1-2,5-24,27-30H2/t33-,34-,35-,36-,37-,38-,40-,41-. The number of aldehydes is 1. The molecule has 1 aromatic carbocycles. The molecule has 4 aliphatic carbocycles. The molecule has 17 heteroatoms. The fraction of sp³-hybridized carbons (Fsp3) is 0.627. The molecule has 4 aliphatic rings. The molecule has 0 bridgehead atoms. The predicted octanol–water partition coefficient (Wildman–Crippen LogP) is 7.23. The third-order valence-corrected chi connectivity index (χ3v) is 13.3. The fourth-order valence-electron chi connectivity index (χ4n) is 9.10. The van der Waals surface area contributed by atoms with Crippen molar-refractivity contribution in [2.45, 2.75) is 141 Å². The van der Waals surface area contributed by atoms with Crippen molar-refractivity contribution in [3.63, 3.8) is 0 Å². The summed E-state index contributed by atoms with van der Waals surface area (Å²) in [5.41, 5.74) is 0.0419. The number of unbranched alkanes of at least 4 members (excludes halogenated alkanes) is 2. The summed E-state index contributed by atoms with van der Waals surface area (Å²) in [7, 11) is 0. The molecule has 4 fully saturated rings. The van der Waals surface area contributed by atoms with Crippen molar-refractivity contribution in [1.82, 2.24) is 0 Å². The Hall–Kier alpha value is -5.87. The van der Waals surface area contributed by atoms with Crippen molar-refractivity contribution >= 4 is 54.0 Å². The first-order valence-corrected chi connectivity index (χ1v) is 24.2. The summed E-state index contributed by atoms with van der Waals surface area (Å²) < 4.78 is 43.5. The number of carbonyl (C=O) groups is 9. The normalized spacial score (nSPS) is 24.6. The van der Waals surface area contributed by atoms with Crippen LogP contribution in [0.15, 0.2) is 43.5 Å². The molecular formula is C51H66O17. The highest BCUT2D eigenvalue weighted by molar-refractivity contribution is 5.85. The SMILES string of the molecule is C=CC(=O)OCCCCOC(=O)[C@H]1CC[C@H](C(=O)O[C@H]2CC[C@H](C(=O)Oc3ccc(OC(=O)[C@H]4CC[C@H](OC(=O)[C@H]5CC[C@H](C(=O)OCCCCOC(=O)C=C)CC5)CC4)c(C=O)c3)CC2)CC1. The molecule has 0 N–H and O–H groups in total. The quantitative estimate of drug-likeness (QED) is 0.0263. The van der Waals surface area contributed by atoms with Gasteiger partial charge in [0.15, 0.2) is 6.29 Å². The molecule has 68 heavy (non-hydrogen) atoms. The van der Waals surface area contributed by atoms with E-state index in [-0.39, 0.29) is 103 Å². The Bertz CT molecular complexity index is 1920. The Kier molecular flexibility index (Phi) is 21.7. The smallest absolute Gasteiger partial charge is 0.330 e. The summed E-state index contributed by atoms with van der Waals surface area (Å²) in [6.45, 7) is 7.60. The molecule has 0 aromatic heterocycles. The highest BCUT2D eigenvalue weighted by Gasteiger charge is 2.37. The molecule has 0 spiro atoms. The molecule has 0 atom stereocenters. The Morgan fingerprint density at radius 2 is 0.779 bits per heavy atom. The van der Waals surface area contributed by atoms with Crippen LogP contribution in [0.2, 0.25) is 0 Å². The van der Waals surface area contributed by atoms with E-state index in [2.05, 4.69) is 13.2 Å². The first kappa shape index (κ1) is 53.1. The summed E-state index contributed by atoms with van der Waals surface area (Å²) in [5.74, 6) is -5.02. The van der Waals surface area contributed by atoms with E-state index >= 15 is 0 Å². The average molecular weight is 951 g/mol. The number of benzene rings is 1. The van der Waals surface area contributed by atoms with Gasteiger partial charge in [-0.05, 0) is 147 Å². The van der Waals surface area contributed by atoms with Crippen LogP contribution in [0.3, 0.4) is 0 Å². The molecule has 0 aliphatic heterocycles. The zero-order valence-corrected chi connectivity index (χ0v) is 38.9. The Morgan fingerprint density at radius 1 is 0.441 bits per heavy atom. The van der Waals surface area contributed by atoms with Crippen molar-refractivity contribution < 1.29 is 81.0 Å². The van der Waals surface area contributed by atoms with Crippen LogP contribution in [0.4, 0.5) is 0 Å². The highest BCUT2D eigenvalue weighted by Crippen LogP contribution is 2.36. The lowest BCUT2D eigenvalue weighted by molar-refractivity contribution is -0.161. The second-order valence-electron chi connectivity index (χ2n) is 18.1. The van der Waals surface area contributed by atoms with Crippen molar-refractivity contribution in [2.24, 2.45) is 35.5 Å². The van der Waals surface area contributed by atoms with E-state index in [0.29, 0.717) is 135 Å². The molecule has 17 nitrogen and oxygen atoms in total. The molecule has 0 heterocycles. The van der Waals surface area contributed by atoms with Gasteiger partial charge in [-0.25, -0.2) is 9.59 Å². The topological polar surface area (TPSA) is 227 Å². The van der Waals surface area contributed by atoms with Gasteiger partial charge >= 0.3 is 47.8 Å². The maximum absolute atomic E-state index is 13.2. The number of hydrogen-bond donors (Lipinski definition) is 0. The van der Waals surface area contributed by atoms with Gasteiger partial charge in [-0.15, -0.1) is 0 Å². The number of rotatable bonds is 23. The van der Waals surface area contributed by atoms with E-state index in [4.69, 9.17) is 37.9 Å². The van der Waals surface area contributed by atoms with Gasteiger partial charge in [0.2, 0.25) is 0 Å². The van der Waals surface area contributed by atoms with E-state index in [1.54, 1.807) is 0 Å². The lowest BCUT2D eigenvalue weighted by atomic mass is 9.82. The number of carbonyl (C=O) groups excluding carboxylic acids is 9. The van der Waals surface area contributed by atoms with Gasteiger partial charge < -0.3 is 37.9 Å². The summed E-state index contributed by atoms with van der Waals surface area (Å²) in [6.07, 6.45) is 12.2. The van der Waals surface area contributed by atoms with Crippen LogP contribution in [0.5, 0.6) is 11.5 Å². The molecule has 372 valence electrons. The monoisotopic (exact) mass is 950 g/mol. The summed E-state index contributed by atoms with van der Waals surface area (Å²) in [6, 6.07) is 4.23. The van der Waals surface area contributed by atoms with Gasteiger partial charge in [0, 0.05) is 12.2 Å². The largest absolute Gasteiger partial charge is 0.465 e. The van der Waals surface area contributed by atoms with Gasteiger partial charge in [0.25, 0.3) is 0 Å². The molecule has 0 radical (unpaired) electrons. The van der Waals surface area contributed by atoms with Crippen molar-refractivity contribution in [1.29, 1.82) is 0 Å². The Balaban J connectivity index is 0.933. The van der Waals surface area contributed by atoms with Gasteiger partial charge in [0.1, 0.15) is 23.7 Å². The summed E-state index contributed by atoms with van der Waals surface area (Å²) in [5, 5.41) is 0. The third-order valence-electron chi connectivity index (χ3n) is 13.3. The number of hydrogen-bond acceptors (Lipinski definition) is 17. The van der Waals surface area contributed by atoms with Gasteiger partial charge in [-0.1, -0.05) is 13.2 Å². The number of esters is 8. The van der Waals surface area contributed by atoms with Crippen LogP contribution in [0.25, 0.3) is 0 Å². The molecule has 0 amide bonds. The first-order chi connectivity index (χ1) is 32.9. The van der Waals surface area contributed by atoms with Crippen LogP contribution < -0.4 is 9.47 Å². The average Bonchev–Trinajstić information content (AvgIpc) is 3.36. The van der Waals surface area contributed by atoms with E-state index in [1.165, 1.54) is 18.2 Å². The maximum Gasteiger partial charge on any atom is 0.330 e. The molecule has 0 unspecified atom stereocenters. The predicted molar refractivity (Wildman–Crippen MR) is 240 cm³/mol. The van der Waals surface area contributed by atoms with Crippen LogP contribution in [-0.2, 0) is 66.8 Å². The number of ether oxygens (including phenoxy) is 8. The van der Waals surface area contributed by atoms with Gasteiger partial charge in [-0.2, -0.15) is 0 Å². The minimum atomic E-state index is -0.510. The maximum atomic E-state index is 13.2. The fourth-order valence-corrected chi connectivity index (χ4v) is 9.10. The molecule has 0 saturated heterocycles. The van der Waals surface area contributed by atoms with E-state index in [9.17, 15) is 43.2 Å². The second kappa shape index (κ2) is 27.8.